The summed E-state index contributed by atoms with van der Waals surface area (Å²) in [5.41, 5.74) is 2.30. The summed E-state index contributed by atoms with van der Waals surface area (Å²) >= 11 is 0. The highest BCUT2D eigenvalue weighted by Gasteiger charge is 2.50. The van der Waals surface area contributed by atoms with Gasteiger partial charge in [0.2, 0.25) is 11.8 Å². The van der Waals surface area contributed by atoms with Crippen molar-refractivity contribution < 1.29 is 29.3 Å². The zero-order valence-corrected chi connectivity index (χ0v) is 21.0. The number of rotatable bonds is 9. The van der Waals surface area contributed by atoms with E-state index in [2.05, 4.69) is 5.32 Å². The number of nitrogens with zero attached hydrogens (tertiary/aromatic N) is 1. The Hall–Kier alpha value is -3.36. The van der Waals surface area contributed by atoms with Crippen LogP contribution in [0.2, 0.25) is 0 Å². The van der Waals surface area contributed by atoms with Crippen LogP contribution in [0.5, 0.6) is 11.5 Å². The Balaban J connectivity index is 1.49. The Morgan fingerprint density at radius 1 is 1.16 bits per heavy atom. The second-order valence-corrected chi connectivity index (χ2v) is 9.94. The lowest BCUT2D eigenvalue weighted by Crippen LogP contribution is -2.57. The number of benzene rings is 2. The maximum atomic E-state index is 13.7. The average molecular weight is 507 g/mol. The monoisotopic (exact) mass is 506 g/mol. The molecule has 0 bridgehead atoms. The number of aliphatic hydroxyl groups excluding tert-OH is 2. The Morgan fingerprint density at radius 2 is 1.97 bits per heavy atom. The first kappa shape index (κ1) is 25.3. The first-order valence-electron chi connectivity index (χ1n) is 13.0. The van der Waals surface area contributed by atoms with Crippen molar-refractivity contribution in [2.45, 2.75) is 49.9 Å². The quantitative estimate of drug-likeness (QED) is 0.481. The number of para-hydroxylation sites is 1. The van der Waals surface area contributed by atoms with Crippen molar-refractivity contribution in [2.24, 2.45) is 5.92 Å². The number of carbonyl (C=O) groups excluding carboxylic acids is 2. The summed E-state index contributed by atoms with van der Waals surface area (Å²) in [6.45, 7) is 0.319. The van der Waals surface area contributed by atoms with Crippen LogP contribution in [0, 0.1) is 5.92 Å². The predicted molar refractivity (Wildman–Crippen MR) is 137 cm³/mol. The van der Waals surface area contributed by atoms with E-state index in [1.165, 1.54) is 0 Å². The average Bonchev–Trinajstić information content (AvgIpc) is 3.28. The number of hydrogen-bond donors (Lipinski definition) is 3. The first-order chi connectivity index (χ1) is 18.0. The van der Waals surface area contributed by atoms with Gasteiger partial charge in [-0.15, -0.1) is 0 Å². The second-order valence-electron chi connectivity index (χ2n) is 9.94. The minimum Gasteiger partial charge on any atom is -0.497 e. The van der Waals surface area contributed by atoms with E-state index in [0.717, 1.165) is 36.1 Å². The molecule has 1 fully saturated rings. The van der Waals surface area contributed by atoms with Gasteiger partial charge in [-0.25, -0.2) is 0 Å². The van der Waals surface area contributed by atoms with E-state index in [9.17, 15) is 19.8 Å². The van der Waals surface area contributed by atoms with E-state index in [4.69, 9.17) is 9.47 Å². The van der Waals surface area contributed by atoms with Crippen molar-refractivity contribution in [1.82, 2.24) is 10.2 Å². The molecule has 2 aliphatic carbocycles. The summed E-state index contributed by atoms with van der Waals surface area (Å²) < 4.78 is 11.5. The van der Waals surface area contributed by atoms with Crippen molar-refractivity contribution in [3.8, 4) is 11.5 Å². The lowest BCUT2D eigenvalue weighted by Gasteiger charge is -2.43. The molecule has 0 spiro atoms. The fourth-order valence-electron chi connectivity index (χ4n) is 5.56. The summed E-state index contributed by atoms with van der Waals surface area (Å²) in [4.78, 5) is 28.7. The highest BCUT2D eigenvalue weighted by molar-refractivity contribution is 5.96. The SMILES string of the molecule is COc1cccc(CCN(C(=O)C2CCC2)C2C=C(C(=O)NCCO)C3c4ccccc4OC3C2O)c1. The third-order valence-corrected chi connectivity index (χ3v) is 7.75. The van der Waals surface area contributed by atoms with Crippen LogP contribution >= 0.6 is 0 Å². The predicted octanol–water partition coefficient (Wildman–Crippen LogP) is 2.19. The van der Waals surface area contributed by atoms with E-state index >= 15 is 0 Å². The third-order valence-electron chi connectivity index (χ3n) is 7.75. The molecular weight excluding hydrogens is 472 g/mol. The van der Waals surface area contributed by atoms with Gasteiger partial charge in [-0.2, -0.15) is 0 Å². The zero-order chi connectivity index (χ0) is 25.9. The van der Waals surface area contributed by atoms with Crippen LogP contribution in [0.4, 0.5) is 0 Å². The van der Waals surface area contributed by atoms with Crippen molar-refractivity contribution in [1.29, 1.82) is 0 Å². The molecule has 1 heterocycles. The molecule has 2 amide bonds. The number of fused-ring (bicyclic) bond motifs is 3. The fourth-order valence-corrected chi connectivity index (χ4v) is 5.56. The topological polar surface area (TPSA) is 108 Å². The van der Waals surface area contributed by atoms with E-state index in [1.807, 2.05) is 48.5 Å². The van der Waals surface area contributed by atoms with Crippen LogP contribution < -0.4 is 14.8 Å². The number of methoxy groups -OCH3 is 1. The van der Waals surface area contributed by atoms with Crippen LogP contribution in [-0.4, -0.2) is 72.0 Å². The van der Waals surface area contributed by atoms with Crippen molar-refractivity contribution in [3.05, 3.63) is 71.3 Å². The zero-order valence-electron chi connectivity index (χ0n) is 21.0. The van der Waals surface area contributed by atoms with Gasteiger partial charge in [0.15, 0.2) is 0 Å². The van der Waals surface area contributed by atoms with Gasteiger partial charge in [0.25, 0.3) is 0 Å². The van der Waals surface area contributed by atoms with Crippen LogP contribution in [0.15, 0.2) is 60.2 Å². The molecule has 8 nitrogen and oxygen atoms in total. The lowest BCUT2D eigenvalue weighted by molar-refractivity contribution is -0.144. The number of nitrogens with one attached hydrogen (secondary N) is 1. The number of carbonyl (C=O) groups is 2. The maximum absolute atomic E-state index is 13.7. The molecule has 2 aromatic rings. The van der Waals surface area contributed by atoms with Crippen molar-refractivity contribution in [2.75, 3.05) is 26.8 Å². The van der Waals surface area contributed by atoms with E-state index in [-0.39, 0.29) is 30.9 Å². The van der Waals surface area contributed by atoms with Gasteiger partial charge < -0.3 is 29.9 Å². The molecule has 196 valence electrons. The number of aliphatic hydroxyl groups is 2. The Bertz CT molecular complexity index is 1180. The van der Waals surface area contributed by atoms with E-state index in [0.29, 0.717) is 24.3 Å². The molecule has 4 atom stereocenters. The summed E-state index contributed by atoms with van der Waals surface area (Å²) in [6.07, 6.45) is 3.29. The highest BCUT2D eigenvalue weighted by atomic mass is 16.5. The molecule has 0 radical (unpaired) electrons. The molecule has 4 unspecified atom stereocenters. The Kier molecular flexibility index (Phi) is 7.48. The van der Waals surface area contributed by atoms with Crippen LogP contribution in [0.3, 0.4) is 0 Å². The van der Waals surface area contributed by atoms with Gasteiger partial charge in [0, 0.05) is 30.1 Å². The van der Waals surface area contributed by atoms with Gasteiger partial charge in [-0.3, -0.25) is 9.59 Å². The molecule has 37 heavy (non-hydrogen) atoms. The fraction of sp³-hybridized carbons (Fsp3) is 0.448. The highest BCUT2D eigenvalue weighted by Crippen LogP contribution is 2.47. The number of hydrogen-bond acceptors (Lipinski definition) is 6. The lowest BCUT2D eigenvalue weighted by atomic mass is 9.76. The summed E-state index contributed by atoms with van der Waals surface area (Å²) in [7, 11) is 1.62. The van der Waals surface area contributed by atoms with E-state index < -0.39 is 24.2 Å². The molecule has 0 saturated heterocycles. The van der Waals surface area contributed by atoms with Crippen LogP contribution in [-0.2, 0) is 16.0 Å². The molecule has 1 saturated carbocycles. The molecule has 5 rings (SSSR count). The molecule has 0 aromatic heterocycles. The smallest absolute Gasteiger partial charge is 0.247 e. The molecule has 1 aliphatic heterocycles. The third kappa shape index (κ3) is 4.95. The van der Waals surface area contributed by atoms with Gasteiger partial charge in [0.1, 0.15) is 23.7 Å². The summed E-state index contributed by atoms with van der Waals surface area (Å²) in [6, 6.07) is 14.5. The first-order valence-corrected chi connectivity index (χ1v) is 13.0. The molecular formula is C29H34N2O6. The Labute approximate surface area is 216 Å². The maximum Gasteiger partial charge on any atom is 0.247 e. The molecule has 2 aromatic carbocycles. The van der Waals surface area contributed by atoms with Gasteiger partial charge in [-0.1, -0.05) is 36.8 Å². The van der Waals surface area contributed by atoms with E-state index in [1.54, 1.807) is 18.1 Å². The van der Waals surface area contributed by atoms with Gasteiger partial charge in [0.05, 0.1) is 25.7 Å². The molecule has 3 N–H and O–H groups in total. The minimum absolute atomic E-state index is 0.00137. The standard InChI is InChI=1S/C29H34N2O6/c1-36-20-9-4-6-18(16-20)12-14-31(29(35)19-7-5-8-19)23-17-22(28(34)30-13-15-32)25-21-10-2-3-11-24(21)37-27(25)26(23)33/h2-4,6,9-11,16-17,19,23,25-27,32-33H,5,7-8,12-15H2,1H3,(H,30,34). The largest absolute Gasteiger partial charge is 0.497 e. The molecule has 3 aliphatic rings. The minimum atomic E-state index is -1.01. The summed E-state index contributed by atoms with van der Waals surface area (Å²) in [5.74, 6) is 0.516. The second kappa shape index (κ2) is 10.9. The number of amides is 2. The van der Waals surface area contributed by atoms with Crippen molar-refractivity contribution >= 4 is 11.8 Å². The van der Waals surface area contributed by atoms with Gasteiger partial charge >= 0.3 is 0 Å². The van der Waals surface area contributed by atoms with Crippen LogP contribution in [0.25, 0.3) is 0 Å². The van der Waals surface area contributed by atoms with Crippen LogP contribution in [0.1, 0.15) is 36.3 Å². The molecule has 8 heteroatoms. The van der Waals surface area contributed by atoms with Crippen molar-refractivity contribution in [3.63, 3.8) is 0 Å². The number of ether oxygens (including phenoxy) is 2. The van der Waals surface area contributed by atoms with Gasteiger partial charge in [-0.05, 0) is 49.1 Å². The Morgan fingerprint density at radius 3 is 2.70 bits per heavy atom. The summed E-state index contributed by atoms with van der Waals surface area (Å²) in [5, 5.41) is 23.6. The normalized spacial score (nSPS) is 24.1.